The standard InChI is InChI=1S/C12H16N2O/c1-14(2)12(15)10-7-8-5-3-4-6-9(8)11(10)13/h3-6,10-11H,7,13H2,1-2H3/t10-,11+/m0/s1. The molecule has 1 amide bonds. The lowest BCUT2D eigenvalue weighted by molar-refractivity contribution is -0.133. The summed E-state index contributed by atoms with van der Waals surface area (Å²) in [5.41, 5.74) is 8.42. The largest absolute Gasteiger partial charge is 0.349 e. The summed E-state index contributed by atoms with van der Waals surface area (Å²) in [5, 5.41) is 0. The lowest BCUT2D eigenvalue weighted by atomic mass is 10.0. The third kappa shape index (κ3) is 1.63. The number of hydrogen-bond donors (Lipinski definition) is 1. The Hall–Kier alpha value is -1.35. The molecule has 15 heavy (non-hydrogen) atoms. The first kappa shape index (κ1) is 10.2. The predicted molar refractivity (Wildman–Crippen MR) is 59.3 cm³/mol. The van der Waals surface area contributed by atoms with Gasteiger partial charge in [-0.15, -0.1) is 0 Å². The first-order valence-corrected chi connectivity index (χ1v) is 5.16. The first-order chi connectivity index (χ1) is 7.11. The van der Waals surface area contributed by atoms with Gasteiger partial charge in [-0.25, -0.2) is 0 Å². The molecule has 0 aromatic heterocycles. The number of hydrogen-bond acceptors (Lipinski definition) is 2. The Balaban J connectivity index is 2.27. The van der Waals surface area contributed by atoms with Gasteiger partial charge in [0, 0.05) is 20.1 Å². The molecule has 0 saturated carbocycles. The van der Waals surface area contributed by atoms with E-state index >= 15 is 0 Å². The summed E-state index contributed by atoms with van der Waals surface area (Å²) in [6, 6.07) is 7.90. The van der Waals surface area contributed by atoms with Crippen molar-refractivity contribution in [2.45, 2.75) is 12.5 Å². The number of fused-ring (bicyclic) bond motifs is 1. The summed E-state index contributed by atoms with van der Waals surface area (Å²) in [7, 11) is 3.55. The van der Waals surface area contributed by atoms with Crippen LogP contribution in [0.15, 0.2) is 24.3 Å². The molecular weight excluding hydrogens is 188 g/mol. The van der Waals surface area contributed by atoms with Gasteiger partial charge in [0.25, 0.3) is 0 Å². The minimum Gasteiger partial charge on any atom is -0.349 e. The highest BCUT2D eigenvalue weighted by Crippen LogP contribution is 2.34. The topological polar surface area (TPSA) is 46.3 Å². The molecule has 1 aliphatic carbocycles. The van der Waals surface area contributed by atoms with Crippen molar-refractivity contribution in [3.63, 3.8) is 0 Å². The van der Waals surface area contributed by atoms with Crippen molar-refractivity contribution in [3.8, 4) is 0 Å². The van der Waals surface area contributed by atoms with E-state index in [4.69, 9.17) is 5.73 Å². The Labute approximate surface area is 89.9 Å². The van der Waals surface area contributed by atoms with Crippen LogP contribution in [0.4, 0.5) is 0 Å². The fraction of sp³-hybridized carbons (Fsp3) is 0.417. The van der Waals surface area contributed by atoms with E-state index in [9.17, 15) is 4.79 Å². The number of carbonyl (C=O) groups excluding carboxylic acids is 1. The van der Waals surface area contributed by atoms with Crippen molar-refractivity contribution in [3.05, 3.63) is 35.4 Å². The number of benzene rings is 1. The third-order valence-corrected chi connectivity index (χ3v) is 3.05. The van der Waals surface area contributed by atoms with Crippen LogP contribution in [0.25, 0.3) is 0 Å². The van der Waals surface area contributed by atoms with Crippen LogP contribution in [0.5, 0.6) is 0 Å². The molecule has 0 unspecified atom stereocenters. The highest BCUT2D eigenvalue weighted by atomic mass is 16.2. The van der Waals surface area contributed by atoms with Gasteiger partial charge >= 0.3 is 0 Å². The summed E-state index contributed by atoms with van der Waals surface area (Å²) in [5.74, 6) is 0.0381. The van der Waals surface area contributed by atoms with Gasteiger partial charge in [0.15, 0.2) is 0 Å². The molecule has 0 heterocycles. The van der Waals surface area contributed by atoms with Gasteiger partial charge in [0.05, 0.1) is 5.92 Å². The molecule has 3 nitrogen and oxygen atoms in total. The van der Waals surface area contributed by atoms with Crippen molar-refractivity contribution >= 4 is 5.91 Å². The zero-order valence-electron chi connectivity index (χ0n) is 9.10. The number of nitrogens with zero attached hydrogens (tertiary/aromatic N) is 1. The molecular formula is C12H16N2O. The maximum Gasteiger partial charge on any atom is 0.227 e. The molecule has 0 bridgehead atoms. The van der Waals surface area contributed by atoms with Crippen LogP contribution in [0.3, 0.4) is 0 Å². The Morgan fingerprint density at radius 1 is 1.40 bits per heavy atom. The summed E-state index contributed by atoms with van der Waals surface area (Å²) in [6.07, 6.45) is 0.772. The monoisotopic (exact) mass is 204 g/mol. The second-order valence-corrected chi connectivity index (χ2v) is 4.27. The second-order valence-electron chi connectivity index (χ2n) is 4.27. The molecule has 2 atom stereocenters. The Morgan fingerprint density at radius 3 is 2.67 bits per heavy atom. The fourth-order valence-electron chi connectivity index (χ4n) is 2.20. The van der Waals surface area contributed by atoms with E-state index in [-0.39, 0.29) is 17.9 Å². The van der Waals surface area contributed by atoms with E-state index in [0.717, 1.165) is 12.0 Å². The van der Waals surface area contributed by atoms with Gasteiger partial charge in [0.2, 0.25) is 5.91 Å². The second kappa shape index (κ2) is 3.66. The van der Waals surface area contributed by atoms with Crippen LogP contribution in [0.2, 0.25) is 0 Å². The molecule has 2 N–H and O–H groups in total. The van der Waals surface area contributed by atoms with Gasteiger partial charge in [-0.1, -0.05) is 24.3 Å². The highest BCUT2D eigenvalue weighted by molar-refractivity contribution is 5.80. The lowest BCUT2D eigenvalue weighted by Crippen LogP contribution is -2.34. The number of carbonyl (C=O) groups is 1. The van der Waals surface area contributed by atoms with E-state index in [1.807, 2.05) is 18.2 Å². The quantitative estimate of drug-likeness (QED) is 0.740. The van der Waals surface area contributed by atoms with Crippen molar-refractivity contribution in [2.24, 2.45) is 11.7 Å². The predicted octanol–water partition coefficient (Wildman–Crippen LogP) is 0.947. The molecule has 1 aromatic carbocycles. The smallest absolute Gasteiger partial charge is 0.227 e. The molecule has 0 saturated heterocycles. The van der Waals surface area contributed by atoms with Crippen LogP contribution in [0, 0.1) is 5.92 Å². The van der Waals surface area contributed by atoms with Gasteiger partial charge in [-0.2, -0.15) is 0 Å². The molecule has 0 aliphatic heterocycles. The Bertz CT molecular complexity index is 387. The van der Waals surface area contributed by atoms with Crippen LogP contribution in [-0.4, -0.2) is 24.9 Å². The minimum atomic E-state index is -0.143. The van der Waals surface area contributed by atoms with Crippen molar-refractivity contribution in [1.82, 2.24) is 4.90 Å². The normalized spacial score (nSPS) is 23.7. The number of amides is 1. The summed E-state index contributed by atoms with van der Waals surface area (Å²) >= 11 is 0. The van der Waals surface area contributed by atoms with Crippen LogP contribution < -0.4 is 5.73 Å². The SMILES string of the molecule is CN(C)C(=O)[C@H]1Cc2ccccc2[C@H]1N. The maximum atomic E-state index is 11.9. The van der Waals surface area contributed by atoms with E-state index in [0.29, 0.717) is 0 Å². The molecule has 0 spiro atoms. The summed E-state index contributed by atoms with van der Waals surface area (Å²) < 4.78 is 0. The van der Waals surface area contributed by atoms with E-state index < -0.39 is 0 Å². The van der Waals surface area contributed by atoms with Gasteiger partial charge in [-0.05, 0) is 17.5 Å². The van der Waals surface area contributed by atoms with E-state index in [2.05, 4.69) is 6.07 Å². The molecule has 3 heteroatoms. The average Bonchev–Trinajstić information content (AvgIpc) is 2.56. The molecule has 0 radical (unpaired) electrons. The average molecular weight is 204 g/mol. The number of nitrogens with two attached hydrogens (primary N) is 1. The maximum absolute atomic E-state index is 11.9. The first-order valence-electron chi connectivity index (χ1n) is 5.16. The summed E-state index contributed by atoms with van der Waals surface area (Å²) in [6.45, 7) is 0. The number of rotatable bonds is 1. The Kier molecular flexibility index (Phi) is 2.49. The van der Waals surface area contributed by atoms with Gasteiger partial charge in [-0.3, -0.25) is 4.79 Å². The lowest BCUT2D eigenvalue weighted by Gasteiger charge is -2.19. The van der Waals surface area contributed by atoms with Gasteiger partial charge < -0.3 is 10.6 Å². The third-order valence-electron chi connectivity index (χ3n) is 3.05. The summed E-state index contributed by atoms with van der Waals surface area (Å²) in [4.78, 5) is 13.5. The zero-order chi connectivity index (χ0) is 11.0. The molecule has 2 rings (SSSR count). The van der Waals surface area contributed by atoms with Gasteiger partial charge in [0.1, 0.15) is 0 Å². The van der Waals surface area contributed by atoms with Crippen molar-refractivity contribution in [2.75, 3.05) is 14.1 Å². The minimum absolute atomic E-state index is 0.0857. The van der Waals surface area contributed by atoms with Crippen molar-refractivity contribution in [1.29, 1.82) is 0 Å². The van der Waals surface area contributed by atoms with Crippen LogP contribution in [0.1, 0.15) is 17.2 Å². The molecule has 1 aromatic rings. The van der Waals surface area contributed by atoms with E-state index in [1.54, 1.807) is 19.0 Å². The molecule has 0 fully saturated rings. The Morgan fingerprint density at radius 2 is 2.07 bits per heavy atom. The highest BCUT2D eigenvalue weighted by Gasteiger charge is 2.35. The van der Waals surface area contributed by atoms with Crippen LogP contribution >= 0.6 is 0 Å². The zero-order valence-corrected chi connectivity index (χ0v) is 9.10. The fourth-order valence-corrected chi connectivity index (χ4v) is 2.20. The van der Waals surface area contributed by atoms with Crippen molar-refractivity contribution < 1.29 is 4.79 Å². The van der Waals surface area contributed by atoms with E-state index in [1.165, 1.54) is 5.56 Å². The van der Waals surface area contributed by atoms with Crippen LogP contribution in [-0.2, 0) is 11.2 Å². The molecule has 1 aliphatic rings. The molecule has 80 valence electrons.